The van der Waals surface area contributed by atoms with Crippen molar-refractivity contribution in [3.63, 3.8) is 0 Å². The van der Waals surface area contributed by atoms with Crippen molar-refractivity contribution in [2.45, 2.75) is 13.5 Å². The molecule has 114 valence electrons. The van der Waals surface area contributed by atoms with Crippen LogP contribution in [0.3, 0.4) is 0 Å². The van der Waals surface area contributed by atoms with Gasteiger partial charge in [0, 0.05) is 30.2 Å². The van der Waals surface area contributed by atoms with Crippen molar-refractivity contribution in [2.75, 3.05) is 7.11 Å². The minimum atomic E-state index is -0.354. The van der Waals surface area contributed by atoms with Gasteiger partial charge in [0.2, 0.25) is 0 Å². The van der Waals surface area contributed by atoms with Gasteiger partial charge in [-0.1, -0.05) is 0 Å². The second kappa shape index (κ2) is 5.81. The Morgan fingerprint density at radius 2 is 2.23 bits per heavy atom. The van der Waals surface area contributed by atoms with Gasteiger partial charge in [0.1, 0.15) is 18.1 Å². The highest BCUT2D eigenvalue weighted by atomic mass is 32.1. The Balaban J connectivity index is 1.89. The minimum Gasteiger partial charge on any atom is -0.488 e. The van der Waals surface area contributed by atoms with E-state index in [-0.39, 0.29) is 5.97 Å². The first kappa shape index (κ1) is 14.6. The standard InChI is InChI=1S/C16H16N2O3S/c1-10-17-7-13(22-10)9-21-12-5-4-11-8-18(2)15(14(11)6-12)16(19)20-3/h4-8H,9H2,1-3H3. The van der Waals surface area contributed by atoms with Crippen LogP contribution in [0.5, 0.6) is 5.75 Å². The van der Waals surface area contributed by atoms with Gasteiger partial charge in [0.05, 0.1) is 17.0 Å². The molecule has 0 saturated carbocycles. The molecule has 0 aliphatic rings. The number of hydrogen-bond acceptors (Lipinski definition) is 5. The van der Waals surface area contributed by atoms with Crippen LogP contribution < -0.4 is 4.74 Å². The Kier molecular flexibility index (Phi) is 3.85. The van der Waals surface area contributed by atoms with Gasteiger partial charge in [0.15, 0.2) is 0 Å². The maximum absolute atomic E-state index is 11.9. The van der Waals surface area contributed by atoms with Crippen molar-refractivity contribution in [1.82, 2.24) is 9.55 Å². The third-order valence-corrected chi connectivity index (χ3v) is 4.28. The molecule has 0 spiro atoms. The number of rotatable bonds is 4. The average Bonchev–Trinajstić information content (AvgIpc) is 3.06. The van der Waals surface area contributed by atoms with Crippen LogP contribution in [0.25, 0.3) is 10.8 Å². The normalized spacial score (nSPS) is 10.9. The Morgan fingerprint density at radius 3 is 2.91 bits per heavy atom. The Labute approximate surface area is 132 Å². The summed E-state index contributed by atoms with van der Waals surface area (Å²) in [6, 6.07) is 5.71. The molecule has 0 aliphatic heterocycles. The van der Waals surface area contributed by atoms with E-state index in [0.29, 0.717) is 12.3 Å². The van der Waals surface area contributed by atoms with E-state index in [1.54, 1.807) is 15.9 Å². The molecule has 0 fully saturated rings. The van der Waals surface area contributed by atoms with Gasteiger partial charge in [-0.3, -0.25) is 0 Å². The van der Waals surface area contributed by atoms with Crippen molar-refractivity contribution >= 4 is 28.1 Å². The summed E-state index contributed by atoms with van der Waals surface area (Å²) < 4.78 is 12.4. The fourth-order valence-electron chi connectivity index (χ4n) is 2.38. The lowest BCUT2D eigenvalue weighted by atomic mass is 10.2. The summed E-state index contributed by atoms with van der Waals surface area (Å²) in [6.07, 6.45) is 3.72. The number of nitrogens with zero attached hydrogens (tertiary/aromatic N) is 2. The van der Waals surface area contributed by atoms with Crippen LogP contribution in [-0.2, 0) is 18.4 Å². The molecule has 0 aliphatic carbocycles. The van der Waals surface area contributed by atoms with Crippen molar-refractivity contribution in [2.24, 2.45) is 7.05 Å². The van der Waals surface area contributed by atoms with Crippen LogP contribution in [0.4, 0.5) is 0 Å². The molecular weight excluding hydrogens is 300 g/mol. The summed E-state index contributed by atoms with van der Waals surface area (Å²) in [4.78, 5) is 17.2. The van der Waals surface area contributed by atoms with Crippen LogP contribution in [0.15, 0.2) is 30.6 Å². The zero-order chi connectivity index (χ0) is 15.7. The van der Waals surface area contributed by atoms with E-state index in [2.05, 4.69) is 4.98 Å². The first-order chi connectivity index (χ1) is 10.6. The monoisotopic (exact) mass is 316 g/mol. The van der Waals surface area contributed by atoms with Crippen molar-refractivity contribution in [1.29, 1.82) is 0 Å². The number of aryl methyl sites for hydroxylation is 2. The molecular formula is C16H16N2O3S. The lowest BCUT2D eigenvalue weighted by Gasteiger charge is -2.05. The molecule has 1 aromatic carbocycles. The lowest BCUT2D eigenvalue weighted by molar-refractivity contribution is 0.0592. The Morgan fingerprint density at radius 1 is 1.41 bits per heavy atom. The molecule has 22 heavy (non-hydrogen) atoms. The molecule has 2 heterocycles. The highest BCUT2D eigenvalue weighted by molar-refractivity contribution is 7.11. The second-order valence-electron chi connectivity index (χ2n) is 4.96. The van der Waals surface area contributed by atoms with Crippen molar-refractivity contribution < 1.29 is 14.3 Å². The van der Waals surface area contributed by atoms with Gasteiger partial charge in [-0.25, -0.2) is 9.78 Å². The highest BCUT2D eigenvalue weighted by Gasteiger charge is 2.16. The quantitative estimate of drug-likeness (QED) is 0.693. The summed E-state index contributed by atoms with van der Waals surface area (Å²) >= 11 is 1.61. The molecule has 0 atom stereocenters. The number of benzene rings is 1. The van der Waals surface area contributed by atoms with Crippen LogP contribution >= 0.6 is 11.3 Å². The number of carbonyl (C=O) groups is 1. The molecule has 3 aromatic rings. The topological polar surface area (TPSA) is 53.4 Å². The van der Waals surface area contributed by atoms with Gasteiger partial charge >= 0.3 is 5.97 Å². The number of carbonyl (C=O) groups excluding carboxylic acids is 1. The minimum absolute atomic E-state index is 0.354. The largest absolute Gasteiger partial charge is 0.488 e. The molecule has 3 rings (SSSR count). The maximum Gasteiger partial charge on any atom is 0.355 e. The molecule has 0 saturated heterocycles. The fraction of sp³-hybridized carbons (Fsp3) is 0.250. The van der Waals surface area contributed by atoms with Gasteiger partial charge < -0.3 is 14.0 Å². The molecule has 6 heteroatoms. The summed E-state index contributed by atoms with van der Waals surface area (Å²) in [5, 5.41) is 2.82. The summed E-state index contributed by atoms with van der Waals surface area (Å²) in [5.74, 6) is 0.364. The predicted octanol–water partition coefficient (Wildman–Crippen LogP) is 3.31. The molecule has 0 N–H and O–H groups in total. The SMILES string of the molecule is COC(=O)c1c2cc(OCc3cnc(C)s3)ccc2cn1C. The smallest absolute Gasteiger partial charge is 0.355 e. The molecule has 0 amide bonds. The predicted molar refractivity (Wildman–Crippen MR) is 85.4 cm³/mol. The van der Waals surface area contributed by atoms with Crippen LogP contribution in [0.2, 0.25) is 0 Å². The summed E-state index contributed by atoms with van der Waals surface area (Å²) in [5.41, 5.74) is 0.525. The number of methoxy groups -OCH3 is 1. The number of aromatic nitrogens is 2. The molecule has 0 radical (unpaired) electrons. The van der Waals surface area contributed by atoms with Crippen LogP contribution in [0, 0.1) is 6.92 Å². The summed E-state index contributed by atoms with van der Waals surface area (Å²) in [6.45, 7) is 2.43. The van der Waals surface area contributed by atoms with Crippen LogP contribution in [-0.4, -0.2) is 22.6 Å². The number of hydrogen-bond donors (Lipinski definition) is 0. The number of esters is 1. The van der Waals surface area contributed by atoms with E-state index in [9.17, 15) is 4.79 Å². The maximum atomic E-state index is 11.9. The summed E-state index contributed by atoms with van der Waals surface area (Å²) in [7, 11) is 3.21. The van der Waals surface area contributed by atoms with Gasteiger partial charge in [0.25, 0.3) is 0 Å². The highest BCUT2D eigenvalue weighted by Crippen LogP contribution is 2.27. The Bertz CT molecular complexity index is 835. The first-order valence-corrected chi connectivity index (χ1v) is 7.61. The van der Waals surface area contributed by atoms with E-state index in [0.717, 1.165) is 26.4 Å². The van der Waals surface area contributed by atoms with Gasteiger partial charge in [-0.05, 0) is 25.1 Å². The zero-order valence-electron chi connectivity index (χ0n) is 12.6. The van der Waals surface area contributed by atoms with Crippen LogP contribution in [0.1, 0.15) is 20.4 Å². The zero-order valence-corrected chi connectivity index (χ0v) is 13.4. The van der Waals surface area contributed by atoms with E-state index in [1.165, 1.54) is 7.11 Å². The number of fused-ring (bicyclic) bond motifs is 1. The van der Waals surface area contributed by atoms with E-state index >= 15 is 0 Å². The molecule has 5 nitrogen and oxygen atoms in total. The third kappa shape index (κ3) is 2.69. The first-order valence-electron chi connectivity index (χ1n) is 6.80. The second-order valence-corrected chi connectivity index (χ2v) is 6.28. The van der Waals surface area contributed by atoms with E-state index in [4.69, 9.17) is 9.47 Å². The van der Waals surface area contributed by atoms with E-state index < -0.39 is 0 Å². The average molecular weight is 316 g/mol. The van der Waals surface area contributed by atoms with Gasteiger partial charge in [-0.15, -0.1) is 11.3 Å². The Hall–Kier alpha value is -2.34. The van der Waals surface area contributed by atoms with Gasteiger partial charge in [-0.2, -0.15) is 0 Å². The van der Waals surface area contributed by atoms with Crippen molar-refractivity contribution in [3.8, 4) is 5.75 Å². The fourth-order valence-corrected chi connectivity index (χ4v) is 3.09. The van der Waals surface area contributed by atoms with E-state index in [1.807, 2.05) is 44.6 Å². The molecule has 0 unspecified atom stereocenters. The number of ether oxygens (including phenoxy) is 2. The molecule has 2 aromatic heterocycles. The molecule has 0 bridgehead atoms. The number of thiazole rings is 1. The third-order valence-electron chi connectivity index (χ3n) is 3.39. The lowest BCUT2D eigenvalue weighted by Crippen LogP contribution is -2.07. The van der Waals surface area contributed by atoms with Crippen molar-refractivity contribution in [3.05, 3.63) is 46.2 Å².